The third-order valence-electron chi connectivity index (χ3n) is 4.95. The molecule has 0 saturated carbocycles. The minimum Gasteiger partial charge on any atom is -0.357 e. The molecule has 7 nitrogen and oxygen atoms in total. The summed E-state index contributed by atoms with van der Waals surface area (Å²) in [4.78, 5) is 4.77. The van der Waals surface area contributed by atoms with E-state index in [9.17, 15) is 0 Å². The van der Waals surface area contributed by atoms with Gasteiger partial charge >= 0.3 is 0 Å². The molecule has 2 aromatic rings. The Labute approximate surface area is 180 Å². The maximum atomic E-state index is 4.77. The smallest absolute Gasteiger partial charge is 0.191 e. The van der Waals surface area contributed by atoms with E-state index in [0.717, 1.165) is 36.0 Å². The fourth-order valence-electron chi connectivity index (χ4n) is 3.23. The highest BCUT2D eigenvalue weighted by atomic mass is 127. The highest BCUT2D eigenvalue weighted by molar-refractivity contribution is 14.0. The fraction of sp³-hybridized carbons (Fsp3) is 0.632. The molecule has 2 heterocycles. The molecule has 152 valence electrons. The van der Waals surface area contributed by atoms with E-state index in [2.05, 4.69) is 55.4 Å². The zero-order chi connectivity index (χ0) is 19.4. The van der Waals surface area contributed by atoms with Crippen molar-refractivity contribution in [1.82, 2.24) is 30.2 Å². The average molecular weight is 487 g/mol. The molecule has 0 aliphatic carbocycles. The Bertz CT molecular complexity index is 789. The summed E-state index contributed by atoms with van der Waals surface area (Å²) < 4.78 is 3.86. The van der Waals surface area contributed by atoms with Crippen LogP contribution in [0, 0.1) is 27.7 Å². The van der Waals surface area contributed by atoms with Crippen LogP contribution in [0.25, 0.3) is 0 Å². The lowest BCUT2D eigenvalue weighted by Gasteiger charge is -2.18. The fourth-order valence-corrected chi connectivity index (χ4v) is 3.23. The summed E-state index contributed by atoms with van der Waals surface area (Å²) in [7, 11) is 3.97. The molecule has 0 amide bonds. The van der Waals surface area contributed by atoms with Gasteiger partial charge in [-0.3, -0.25) is 9.36 Å². The molecular weight excluding hydrogens is 453 g/mol. The summed E-state index contributed by atoms with van der Waals surface area (Å²) in [6.45, 7) is 14.0. The van der Waals surface area contributed by atoms with Gasteiger partial charge in [0.1, 0.15) is 0 Å². The van der Waals surface area contributed by atoms with Gasteiger partial charge in [-0.05, 0) is 53.5 Å². The Morgan fingerprint density at radius 2 is 1.52 bits per heavy atom. The number of aliphatic imine (C=N–C) groups is 1. The van der Waals surface area contributed by atoms with Gasteiger partial charge in [0.25, 0.3) is 0 Å². The molecule has 8 heteroatoms. The number of aromatic nitrogens is 4. The SMILES string of the molecule is CCNC(=NCc1c(C)nn(C)c1C)NC(C)Cc1c(C)nn(C)c1C.I. The second-order valence-electron chi connectivity index (χ2n) is 6.99. The lowest BCUT2D eigenvalue weighted by atomic mass is 10.1. The third-order valence-corrected chi connectivity index (χ3v) is 4.95. The molecule has 2 rings (SSSR count). The highest BCUT2D eigenvalue weighted by Crippen LogP contribution is 2.15. The number of halogens is 1. The highest BCUT2D eigenvalue weighted by Gasteiger charge is 2.14. The van der Waals surface area contributed by atoms with Crippen LogP contribution in [-0.4, -0.2) is 38.1 Å². The monoisotopic (exact) mass is 487 g/mol. The molecule has 2 N–H and O–H groups in total. The van der Waals surface area contributed by atoms with Gasteiger partial charge in [0.15, 0.2) is 5.96 Å². The van der Waals surface area contributed by atoms with E-state index in [1.807, 2.05) is 30.4 Å². The second-order valence-corrected chi connectivity index (χ2v) is 6.99. The van der Waals surface area contributed by atoms with Gasteiger partial charge in [-0.25, -0.2) is 4.99 Å². The molecule has 0 aliphatic rings. The van der Waals surface area contributed by atoms with Crippen LogP contribution < -0.4 is 10.6 Å². The van der Waals surface area contributed by atoms with Crippen molar-refractivity contribution >= 4 is 29.9 Å². The zero-order valence-corrected chi connectivity index (χ0v) is 20.2. The van der Waals surface area contributed by atoms with E-state index < -0.39 is 0 Å². The van der Waals surface area contributed by atoms with E-state index in [-0.39, 0.29) is 30.0 Å². The molecule has 1 unspecified atom stereocenters. The molecule has 0 aliphatic heterocycles. The number of hydrogen-bond acceptors (Lipinski definition) is 3. The van der Waals surface area contributed by atoms with Crippen LogP contribution in [0.3, 0.4) is 0 Å². The van der Waals surface area contributed by atoms with Crippen molar-refractivity contribution in [2.24, 2.45) is 19.1 Å². The van der Waals surface area contributed by atoms with Crippen LogP contribution in [0.5, 0.6) is 0 Å². The molecule has 0 spiro atoms. The van der Waals surface area contributed by atoms with Crippen LogP contribution in [0.1, 0.15) is 47.8 Å². The topological polar surface area (TPSA) is 72.1 Å². The summed E-state index contributed by atoms with van der Waals surface area (Å²) in [5.74, 6) is 0.835. The average Bonchev–Trinajstić information content (AvgIpc) is 2.95. The summed E-state index contributed by atoms with van der Waals surface area (Å²) in [5, 5.41) is 15.8. The van der Waals surface area contributed by atoms with Gasteiger partial charge in [0.05, 0.1) is 17.9 Å². The van der Waals surface area contributed by atoms with Crippen LogP contribution in [0.2, 0.25) is 0 Å². The number of hydrogen-bond donors (Lipinski definition) is 2. The lowest BCUT2D eigenvalue weighted by molar-refractivity contribution is 0.635. The first-order valence-electron chi connectivity index (χ1n) is 9.27. The van der Waals surface area contributed by atoms with Gasteiger partial charge in [-0.15, -0.1) is 24.0 Å². The van der Waals surface area contributed by atoms with Gasteiger partial charge in [-0.1, -0.05) is 0 Å². The largest absolute Gasteiger partial charge is 0.357 e. The molecule has 0 radical (unpaired) electrons. The molecule has 27 heavy (non-hydrogen) atoms. The van der Waals surface area contributed by atoms with E-state index in [1.54, 1.807) is 0 Å². The third kappa shape index (κ3) is 5.70. The van der Waals surface area contributed by atoms with E-state index in [0.29, 0.717) is 6.54 Å². The number of rotatable bonds is 6. The Kier molecular flexibility index (Phi) is 8.77. The van der Waals surface area contributed by atoms with Crippen molar-refractivity contribution in [3.05, 3.63) is 33.9 Å². The summed E-state index contributed by atoms with van der Waals surface area (Å²) in [6.07, 6.45) is 0.918. The Morgan fingerprint density at radius 1 is 1.00 bits per heavy atom. The predicted octanol–water partition coefficient (Wildman–Crippen LogP) is 2.69. The standard InChI is InChI=1S/C19H33N7.HI/c1-9-20-19(21-11-18-14(4)24-26(8)16(18)6)22-12(2)10-17-13(3)23-25(7)15(17)5;/h12H,9-11H2,1-8H3,(H2,20,21,22);1H. The number of aryl methyl sites for hydroxylation is 4. The zero-order valence-electron chi connectivity index (χ0n) is 17.8. The quantitative estimate of drug-likeness (QED) is 0.374. The first-order chi connectivity index (χ1) is 12.2. The normalized spacial score (nSPS) is 12.7. The lowest BCUT2D eigenvalue weighted by Crippen LogP contribution is -2.43. The van der Waals surface area contributed by atoms with Gasteiger partial charge in [-0.2, -0.15) is 10.2 Å². The van der Waals surface area contributed by atoms with Gasteiger partial charge in [0.2, 0.25) is 0 Å². The molecule has 1 atom stereocenters. The van der Waals surface area contributed by atoms with Crippen LogP contribution in [0.4, 0.5) is 0 Å². The first-order valence-corrected chi connectivity index (χ1v) is 9.27. The van der Waals surface area contributed by atoms with Crippen LogP contribution in [0.15, 0.2) is 4.99 Å². The van der Waals surface area contributed by atoms with Crippen molar-refractivity contribution in [2.75, 3.05) is 6.54 Å². The van der Waals surface area contributed by atoms with Gasteiger partial charge < -0.3 is 10.6 Å². The molecule has 0 bridgehead atoms. The van der Waals surface area contributed by atoms with E-state index in [4.69, 9.17) is 4.99 Å². The molecule has 2 aromatic heterocycles. The second kappa shape index (κ2) is 10.1. The first kappa shape index (κ1) is 23.5. The predicted molar refractivity (Wildman–Crippen MR) is 122 cm³/mol. The molecule has 0 aromatic carbocycles. The maximum Gasteiger partial charge on any atom is 0.191 e. The summed E-state index contributed by atoms with van der Waals surface area (Å²) in [5.41, 5.74) is 7.02. The molecule has 0 fully saturated rings. The van der Waals surface area contributed by atoms with E-state index in [1.165, 1.54) is 16.8 Å². The molecular formula is C19H34IN7. The van der Waals surface area contributed by atoms with Crippen molar-refractivity contribution in [3.8, 4) is 0 Å². The Morgan fingerprint density at radius 3 is 1.96 bits per heavy atom. The van der Waals surface area contributed by atoms with Crippen LogP contribution >= 0.6 is 24.0 Å². The van der Waals surface area contributed by atoms with Crippen LogP contribution in [-0.2, 0) is 27.1 Å². The van der Waals surface area contributed by atoms with Crippen molar-refractivity contribution in [1.29, 1.82) is 0 Å². The molecule has 0 saturated heterocycles. The maximum absolute atomic E-state index is 4.77. The Hall–Kier alpha value is -1.58. The Balaban J connectivity index is 0.00000364. The number of nitrogens with zero attached hydrogens (tertiary/aromatic N) is 5. The summed E-state index contributed by atoms with van der Waals surface area (Å²) in [6, 6.07) is 0.255. The summed E-state index contributed by atoms with van der Waals surface area (Å²) >= 11 is 0. The minimum atomic E-state index is 0. The van der Waals surface area contributed by atoms with E-state index >= 15 is 0 Å². The number of guanidine groups is 1. The van der Waals surface area contributed by atoms with Crippen molar-refractivity contribution in [2.45, 2.75) is 60.5 Å². The minimum absolute atomic E-state index is 0. The van der Waals surface area contributed by atoms with Crippen molar-refractivity contribution in [3.63, 3.8) is 0 Å². The van der Waals surface area contributed by atoms with Crippen molar-refractivity contribution < 1.29 is 0 Å². The number of nitrogens with one attached hydrogen (secondary N) is 2. The van der Waals surface area contributed by atoms with Gasteiger partial charge in [0, 0.05) is 43.6 Å².